The number of rotatable bonds is 6. The third-order valence-corrected chi connectivity index (χ3v) is 2.10. The first-order valence-electron chi connectivity index (χ1n) is 4.55. The van der Waals surface area contributed by atoms with Crippen LogP contribution in [0, 0.1) is 5.92 Å². The second-order valence-electron chi connectivity index (χ2n) is 3.34. The Hall–Kier alpha value is -0.0800. The number of aliphatic hydroxyl groups is 1. The lowest BCUT2D eigenvalue weighted by atomic mass is 10.1. The summed E-state index contributed by atoms with van der Waals surface area (Å²) in [6, 6.07) is 0.249. The lowest BCUT2D eigenvalue weighted by molar-refractivity contribution is 0.249. The number of nitrogens with one attached hydrogen (secondary N) is 1. The van der Waals surface area contributed by atoms with Gasteiger partial charge in [-0.05, 0) is 25.8 Å². The Morgan fingerprint density at radius 2 is 2.00 bits per heavy atom. The van der Waals surface area contributed by atoms with Gasteiger partial charge < -0.3 is 10.4 Å². The van der Waals surface area contributed by atoms with Crippen LogP contribution in [0.4, 0.5) is 0 Å². The summed E-state index contributed by atoms with van der Waals surface area (Å²) >= 11 is 0. The van der Waals surface area contributed by atoms with Crippen LogP contribution in [0.2, 0.25) is 0 Å². The minimum Gasteiger partial charge on any atom is -0.395 e. The standard InChI is InChI=1S/C9H21NO/c1-4-8(2)5-6-10-9(3)7-11/h8-11H,4-7H2,1-3H3. The summed E-state index contributed by atoms with van der Waals surface area (Å²) in [5.41, 5.74) is 0. The van der Waals surface area contributed by atoms with Crippen LogP contribution in [0.25, 0.3) is 0 Å². The fourth-order valence-electron chi connectivity index (χ4n) is 0.845. The second kappa shape index (κ2) is 6.62. The molecule has 0 saturated heterocycles. The van der Waals surface area contributed by atoms with Gasteiger partial charge in [0.25, 0.3) is 0 Å². The molecule has 0 spiro atoms. The molecule has 0 aromatic heterocycles. The zero-order chi connectivity index (χ0) is 8.69. The highest BCUT2D eigenvalue weighted by Crippen LogP contribution is 2.04. The Bertz CT molecular complexity index is 75.6. The molecule has 0 aliphatic heterocycles. The van der Waals surface area contributed by atoms with Crippen molar-refractivity contribution in [1.82, 2.24) is 5.32 Å². The molecule has 11 heavy (non-hydrogen) atoms. The van der Waals surface area contributed by atoms with Crippen molar-refractivity contribution in [2.24, 2.45) is 5.92 Å². The highest BCUT2D eigenvalue weighted by molar-refractivity contribution is 4.59. The van der Waals surface area contributed by atoms with Gasteiger partial charge in [-0.25, -0.2) is 0 Å². The van der Waals surface area contributed by atoms with Crippen molar-refractivity contribution in [2.75, 3.05) is 13.2 Å². The molecule has 0 aliphatic carbocycles. The highest BCUT2D eigenvalue weighted by atomic mass is 16.3. The molecule has 0 bridgehead atoms. The molecule has 0 aromatic rings. The smallest absolute Gasteiger partial charge is 0.0581 e. The average Bonchev–Trinajstić information content (AvgIpc) is 2.04. The van der Waals surface area contributed by atoms with Gasteiger partial charge in [0.1, 0.15) is 0 Å². The van der Waals surface area contributed by atoms with E-state index in [1.54, 1.807) is 0 Å². The molecular formula is C9H21NO. The van der Waals surface area contributed by atoms with E-state index in [9.17, 15) is 0 Å². The monoisotopic (exact) mass is 159 g/mol. The van der Waals surface area contributed by atoms with Gasteiger partial charge in [-0.1, -0.05) is 20.3 Å². The predicted molar refractivity (Wildman–Crippen MR) is 48.6 cm³/mol. The van der Waals surface area contributed by atoms with Gasteiger partial charge >= 0.3 is 0 Å². The summed E-state index contributed by atoms with van der Waals surface area (Å²) in [5, 5.41) is 11.9. The van der Waals surface area contributed by atoms with E-state index in [1.807, 2.05) is 6.92 Å². The fraction of sp³-hybridized carbons (Fsp3) is 1.00. The average molecular weight is 159 g/mol. The van der Waals surface area contributed by atoms with Gasteiger partial charge in [0.2, 0.25) is 0 Å². The maximum atomic E-state index is 8.69. The highest BCUT2D eigenvalue weighted by Gasteiger charge is 2.00. The summed E-state index contributed by atoms with van der Waals surface area (Å²) in [4.78, 5) is 0. The molecule has 2 nitrogen and oxygen atoms in total. The Balaban J connectivity index is 3.13. The molecule has 0 aliphatic rings. The molecule has 2 unspecified atom stereocenters. The Morgan fingerprint density at radius 1 is 1.36 bits per heavy atom. The van der Waals surface area contributed by atoms with Crippen LogP contribution in [0.5, 0.6) is 0 Å². The van der Waals surface area contributed by atoms with Crippen LogP contribution in [0.1, 0.15) is 33.6 Å². The first-order chi connectivity index (χ1) is 5.20. The summed E-state index contributed by atoms with van der Waals surface area (Å²) < 4.78 is 0. The number of hydrogen-bond donors (Lipinski definition) is 2. The third-order valence-electron chi connectivity index (χ3n) is 2.10. The maximum Gasteiger partial charge on any atom is 0.0581 e. The number of hydrogen-bond acceptors (Lipinski definition) is 2. The first-order valence-corrected chi connectivity index (χ1v) is 4.55. The molecule has 2 heteroatoms. The first kappa shape index (κ1) is 10.9. The molecule has 0 heterocycles. The molecule has 0 fully saturated rings. The largest absolute Gasteiger partial charge is 0.395 e. The molecule has 2 atom stereocenters. The molecule has 0 radical (unpaired) electrons. The lowest BCUT2D eigenvalue weighted by Crippen LogP contribution is -2.30. The van der Waals surface area contributed by atoms with Crippen LogP contribution >= 0.6 is 0 Å². The predicted octanol–water partition coefficient (Wildman–Crippen LogP) is 1.39. The van der Waals surface area contributed by atoms with Crippen LogP contribution in [0.15, 0.2) is 0 Å². The van der Waals surface area contributed by atoms with Gasteiger partial charge in [0.15, 0.2) is 0 Å². The van der Waals surface area contributed by atoms with Gasteiger partial charge in [-0.2, -0.15) is 0 Å². The van der Waals surface area contributed by atoms with E-state index in [2.05, 4.69) is 19.2 Å². The van der Waals surface area contributed by atoms with E-state index in [4.69, 9.17) is 5.11 Å². The van der Waals surface area contributed by atoms with Gasteiger partial charge in [-0.3, -0.25) is 0 Å². The second-order valence-corrected chi connectivity index (χ2v) is 3.34. The summed E-state index contributed by atoms with van der Waals surface area (Å²) in [6.45, 7) is 7.72. The van der Waals surface area contributed by atoms with Crippen LogP contribution in [-0.2, 0) is 0 Å². The van der Waals surface area contributed by atoms with Crippen molar-refractivity contribution in [3.05, 3.63) is 0 Å². The molecular weight excluding hydrogens is 138 g/mol. The van der Waals surface area contributed by atoms with Crippen molar-refractivity contribution in [3.8, 4) is 0 Å². The Morgan fingerprint density at radius 3 is 2.45 bits per heavy atom. The zero-order valence-electron chi connectivity index (χ0n) is 7.93. The summed E-state index contributed by atoms with van der Waals surface area (Å²) in [6.07, 6.45) is 2.45. The number of aliphatic hydroxyl groups excluding tert-OH is 1. The lowest BCUT2D eigenvalue weighted by Gasteiger charge is -2.12. The minimum absolute atomic E-state index is 0.237. The molecule has 0 aromatic carbocycles. The third kappa shape index (κ3) is 6.32. The quantitative estimate of drug-likeness (QED) is 0.614. The van der Waals surface area contributed by atoms with E-state index in [0.717, 1.165) is 12.5 Å². The Labute approximate surface area is 70.0 Å². The molecule has 68 valence electrons. The molecule has 0 rings (SSSR count). The molecule has 2 N–H and O–H groups in total. The van der Waals surface area contributed by atoms with Crippen LogP contribution in [0.3, 0.4) is 0 Å². The summed E-state index contributed by atoms with van der Waals surface area (Å²) in [5.74, 6) is 0.799. The topological polar surface area (TPSA) is 32.3 Å². The SMILES string of the molecule is CCC(C)CCNC(C)CO. The zero-order valence-corrected chi connectivity index (χ0v) is 7.93. The van der Waals surface area contributed by atoms with Crippen LogP contribution in [-0.4, -0.2) is 24.3 Å². The van der Waals surface area contributed by atoms with Crippen molar-refractivity contribution < 1.29 is 5.11 Å². The van der Waals surface area contributed by atoms with Crippen molar-refractivity contribution in [2.45, 2.75) is 39.7 Å². The van der Waals surface area contributed by atoms with Crippen molar-refractivity contribution in [1.29, 1.82) is 0 Å². The Kier molecular flexibility index (Phi) is 6.57. The van der Waals surface area contributed by atoms with Crippen LogP contribution < -0.4 is 5.32 Å². The fourth-order valence-corrected chi connectivity index (χ4v) is 0.845. The van der Waals surface area contributed by atoms with E-state index in [0.29, 0.717) is 0 Å². The van der Waals surface area contributed by atoms with Gasteiger partial charge in [0, 0.05) is 6.04 Å². The van der Waals surface area contributed by atoms with E-state index < -0.39 is 0 Å². The van der Waals surface area contributed by atoms with E-state index in [-0.39, 0.29) is 12.6 Å². The maximum absolute atomic E-state index is 8.69. The molecule has 0 saturated carbocycles. The molecule has 0 amide bonds. The summed E-state index contributed by atoms with van der Waals surface area (Å²) in [7, 11) is 0. The van der Waals surface area contributed by atoms with E-state index >= 15 is 0 Å². The van der Waals surface area contributed by atoms with Crippen molar-refractivity contribution in [3.63, 3.8) is 0 Å². The van der Waals surface area contributed by atoms with E-state index in [1.165, 1.54) is 12.8 Å². The van der Waals surface area contributed by atoms with Crippen molar-refractivity contribution >= 4 is 0 Å². The van der Waals surface area contributed by atoms with Gasteiger partial charge in [0.05, 0.1) is 6.61 Å². The normalized spacial score (nSPS) is 16.4. The minimum atomic E-state index is 0.237. The van der Waals surface area contributed by atoms with Gasteiger partial charge in [-0.15, -0.1) is 0 Å².